The molecular weight excluding hydrogens is 367 g/mol. The molecule has 7 heteroatoms. The van der Waals surface area contributed by atoms with Crippen molar-refractivity contribution in [3.05, 3.63) is 89.6 Å². The SMILES string of the molecule is O=C(Nc1ccc(C(F)(F)F)cc1)c1ccc(NCCc2ccccc2)nc1. The van der Waals surface area contributed by atoms with E-state index in [4.69, 9.17) is 0 Å². The number of hydrogen-bond donors (Lipinski definition) is 2. The predicted octanol–water partition coefficient (Wildman–Crippen LogP) is 5.01. The Bertz CT molecular complexity index is 908. The van der Waals surface area contributed by atoms with E-state index in [1.807, 2.05) is 30.3 Å². The molecule has 3 rings (SSSR count). The number of pyridine rings is 1. The lowest BCUT2D eigenvalue weighted by atomic mass is 10.1. The summed E-state index contributed by atoms with van der Waals surface area (Å²) >= 11 is 0. The third-order valence-electron chi connectivity index (χ3n) is 4.06. The van der Waals surface area contributed by atoms with E-state index in [9.17, 15) is 18.0 Å². The fraction of sp³-hybridized carbons (Fsp3) is 0.143. The lowest BCUT2D eigenvalue weighted by Gasteiger charge is -2.09. The number of aromatic nitrogens is 1. The standard InChI is InChI=1S/C21H18F3N3O/c22-21(23,24)17-7-9-18(10-8-17)27-20(28)16-6-11-19(26-14-16)25-13-12-15-4-2-1-3-5-15/h1-11,14H,12-13H2,(H,25,26)(H,27,28). The quantitative estimate of drug-likeness (QED) is 0.627. The van der Waals surface area contributed by atoms with Crippen LogP contribution in [0.1, 0.15) is 21.5 Å². The number of nitrogens with zero attached hydrogens (tertiary/aromatic N) is 1. The highest BCUT2D eigenvalue weighted by Crippen LogP contribution is 2.29. The van der Waals surface area contributed by atoms with Crippen LogP contribution in [-0.2, 0) is 12.6 Å². The molecule has 0 aliphatic carbocycles. The van der Waals surface area contributed by atoms with E-state index in [0.717, 1.165) is 18.6 Å². The molecule has 0 bridgehead atoms. The molecule has 0 atom stereocenters. The first-order chi connectivity index (χ1) is 13.4. The van der Waals surface area contributed by atoms with Crippen molar-refractivity contribution in [3.63, 3.8) is 0 Å². The summed E-state index contributed by atoms with van der Waals surface area (Å²) in [5, 5.41) is 5.73. The second kappa shape index (κ2) is 8.56. The number of hydrogen-bond acceptors (Lipinski definition) is 3. The molecule has 0 saturated heterocycles. The van der Waals surface area contributed by atoms with Gasteiger partial charge in [0.2, 0.25) is 0 Å². The summed E-state index contributed by atoms with van der Waals surface area (Å²) in [6.45, 7) is 0.702. The second-order valence-electron chi connectivity index (χ2n) is 6.12. The highest BCUT2D eigenvalue weighted by molar-refractivity contribution is 6.04. The molecule has 0 spiro atoms. The molecule has 3 aromatic rings. The van der Waals surface area contributed by atoms with Gasteiger partial charge in [-0.1, -0.05) is 30.3 Å². The van der Waals surface area contributed by atoms with Gasteiger partial charge in [0.25, 0.3) is 5.91 Å². The van der Waals surface area contributed by atoms with Crippen LogP contribution in [0, 0.1) is 0 Å². The zero-order chi connectivity index (χ0) is 20.0. The fourth-order valence-electron chi connectivity index (χ4n) is 2.56. The molecule has 0 radical (unpaired) electrons. The maximum atomic E-state index is 12.6. The Balaban J connectivity index is 1.53. The highest BCUT2D eigenvalue weighted by atomic mass is 19.4. The lowest BCUT2D eigenvalue weighted by Crippen LogP contribution is -2.13. The van der Waals surface area contributed by atoms with Crippen LogP contribution in [0.5, 0.6) is 0 Å². The minimum atomic E-state index is -4.41. The van der Waals surface area contributed by atoms with Gasteiger partial charge in [-0.2, -0.15) is 13.2 Å². The molecule has 0 aliphatic heterocycles. The Morgan fingerprint density at radius 1 is 0.929 bits per heavy atom. The highest BCUT2D eigenvalue weighted by Gasteiger charge is 2.29. The molecule has 4 nitrogen and oxygen atoms in total. The molecule has 1 amide bonds. The van der Waals surface area contributed by atoms with Crippen LogP contribution in [0.25, 0.3) is 0 Å². The summed E-state index contributed by atoms with van der Waals surface area (Å²) in [6.07, 6.45) is -2.14. The van der Waals surface area contributed by atoms with E-state index in [0.29, 0.717) is 17.9 Å². The average Bonchev–Trinajstić information content (AvgIpc) is 2.69. The summed E-state index contributed by atoms with van der Waals surface area (Å²) in [5.41, 5.74) is 1.04. The van der Waals surface area contributed by atoms with Crippen molar-refractivity contribution in [2.24, 2.45) is 0 Å². The first kappa shape index (κ1) is 19.4. The van der Waals surface area contributed by atoms with Gasteiger partial charge in [-0.25, -0.2) is 4.98 Å². The molecule has 1 heterocycles. The van der Waals surface area contributed by atoms with Gasteiger partial charge < -0.3 is 10.6 Å². The molecule has 28 heavy (non-hydrogen) atoms. The van der Waals surface area contributed by atoms with Gasteiger partial charge in [-0.15, -0.1) is 0 Å². The van der Waals surface area contributed by atoms with Gasteiger partial charge in [0, 0.05) is 18.4 Å². The molecule has 1 aromatic heterocycles. The van der Waals surface area contributed by atoms with Gasteiger partial charge in [0.05, 0.1) is 11.1 Å². The number of alkyl halides is 3. The minimum absolute atomic E-state index is 0.281. The normalized spacial score (nSPS) is 11.1. The maximum absolute atomic E-state index is 12.6. The number of nitrogens with one attached hydrogen (secondary N) is 2. The predicted molar refractivity (Wildman–Crippen MR) is 102 cm³/mol. The first-order valence-electron chi connectivity index (χ1n) is 8.64. The Morgan fingerprint density at radius 2 is 1.64 bits per heavy atom. The van der Waals surface area contributed by atoms with Crippen LogP contribution in [0.4, 0.5) is 24.7 Å². The van der Waals surface area contributed by atoms with Gasteiger partial charge in [-0.3, -0.25) is 4.79 Å². The molecule has 2 N–H and O–H groups in total. The third-order valence-corrected chi connectivity index (χ3v) is 4.06. The minimum Gasteiger partial charge on any atom is -0.370 e. The summed E-state index contributed by atoms with van der Waals surface area (Å²) in [4.78, 5) is 16.4. The summed E-state index contributed by atoms with van der Waals surface area (Å²) in [5.74, 6) is 0.199. The van der Waals surface area contributed by atoms with Gasteiger partial charge in [0.1, 0.15) is 5.82 Å². The number of halogens is 3. The molecule has 2 aromatic carbocycles. The van der Waals surface area contributed by atoms with Crippen LogP contribution in [-0.4, -0.2) is 17.4 Å². The van der Waals surface area contributed by atoms with E-state index in [2.05, 4.69) is 15.6 Å². The number of benzene rings is 2. The van der Waals surface area contributed by atoms with Crippen molar-refractivity contribution in [1.29, 1.82) is 0 Å². The van der Waals surface area contributed by atoms with Gasteiger partial charge in [0.15, 0.2) is 0 Å². The summed E-state index contributed by atoms with van der Waals surface area (Å²) in [7, 11) is 0. The molecule has 0 unspecified atom stereocenters. The van der Waals surface area contributed by atoms with Crippen LogP contribution in [0.15, 0.2) is 72.9 Å². The Hall–Kier alpha value is -3.35. The topological polar surface area (TPSA) is 54.0 Å². The Kier molecular flexibility index (Phi) is 5.93. The first-order valence-corrected chi connectivity index (χ1v) is 8.64. The van der Waals surface area contributed by atoms with Crippen LogP contribution >= 0.6 is 0 Å². The molecule has 0 aliphatic rings. The summed E-state index contributed by atoms with van der Waals surface area (Å²) in [6, 6.07) is 17.6. The number of amides is 1. The molecule has 144 valence electrons. The second-order valence-corrected chi connectivity index (χ2v) is 6.12. The molecular formula is C21H18F3N3O. The van der Waals surface area contributed by atoms with Crippen LogP contribution in [0.2, 0.25) is 0 Å². The molecule has 0 saturated carbocycles. The zero-order valence-electron chi connectivity index (χ0n) is 14.8. The van der Waals surface area contributed by atoms with E-state index in [-0.39, 0.29) is 5.69 Å². The smallest absolute Gasteiger partial charge is 0.370 e. The van der Waals surface area contributed by atoms with Crippen molar-refractivity contribution >= 4 is 17.4 Å². The van der Waals surface area contributed by atoms with Crippen molar-refractivity contribution < 1.29 is 18.0 Å². The summed E-state index contributed by atoms with van der Waals surface area (Å²) < 4.78 is 37.7. The van der Waals surface area contributed by atoms with Crippen molar-refractivity contribution in [1.82, 2.24) is 4.98 Å². The maximum Gasteiger partial charge on any atom is 0.416 e. The number of anilines is 2. The zero-order valence-corrected chi connectivity index (χ0v) is 14.8. The van der Waals surface area contributed by atoms with E-state index in [1.165, 1.54) is 23.9 Å². The van der Waals surface area contributed by atoms with Crippen molar-refractivity contribution in [2.45, 2.75) is 12.6 Å². The fourth-order valence-corrected chi connectivity index (χ4v) is 2.56. The largest absolute Gasteiger partial charge is 0.416 e. The van der Waals surface area contributed by atoms with E-state index < -0.39 is 17.6 Å². The average molecular weight is 385 g/mol. The Morgan fingerprint density at radius 3 is 2.25 bits per heavy atom. The van der Waals surface area contributed by atoms with E-state index in [1.54, 1.807) is 12.1 Å². The molecule has 0 fully saturated rings. The number of rotatable bonds is 6. The lowest BCUT2D eigenvalue weighted by molar-refractivity contribution is -0.137. The third kappa shape index (κ3) is 5.33. The van der Waals surface area contributed by atoms with Crippen molar-refractivity contribution in [2.75, 3.05) is 17.2 Å². The number of carbonyl (C=O) groups excluding carboxylic acids is 1. The van der Waals surface area contributed by atoms with Crippen LogP contribution in [0.3, 0.4) is 0 Å². The monoisotopic (exact) mass is 385 g/mol. The van der Waals surface area contributed by atoms with Gasteiger partial charge in [-0.05, 0) is 48.4 Å². The van der Waals surface area contributed by atoms with Crippen molar-refractivity contribution in [3.8, 4) is 0 Å². The number of carbonyl (C=O) groups is 1. The Labute approximate surface area is 160 Å². The van der Waals surface area contributed by atoms with Crippen LogP contribution < -0.4 is 10.6 Å². The van der Waals surface area contributed by atoms with Gasteiger partial charge >= 0.3 is 6.18 Å². The van der Waals surface area contributed by atoms with E-state index >= 15 is 0 Å².